The molecule has 12 nitrogen and oxygen atoms in total. The number of carbonyl (C=O) groups is 3. The molecule has 2 aromatic carbocycles. The highest BCUT2D eigenvalue weighted by Crippen LogP contribution is 2.61. The van der Waals surface area contributed by atoms with Crippen molar-refractivity contribution in [3.63, 3.8) is 0 Å². The molecule has 0 bridgehead atoms. The largest absolute Gasteiger partial charge is 0.492 e. The molecule has 0 amide bonds. The Labute approximate surface area is 294 Å². The van der Waals surface area contributed by atoms with Crippen molar-refractivity contribution in [1.82, 2.24) is 0 Å². The van der Waals surface area contributed by atoms with Gasteiger partial charge in [-0.3, -0.25) is 14.6 Å². The molecule has 270 valence electrons. The van der Waals surface area contributed by atoms with Crippen molar-refractivity contribution < 1.29 is 53.8 Å². The van der Waals surface area contributed by atoms with Crippen LogP contribution in [0.2, 0.25) is 0 Å². The Morgan fingerprint density at radius 1 is 1.18 bits per heavy atom. The van der Waals surface area contributed by atoms with Crippen LogP contribution in [0.25, 0.3) is 11.6 Å². The predicted octanol–water partition coefficient (Wildman–Crippen LogP) is 2.05. The summed E-state index contributed by atoms with van der Waals surface area (Å²) < 4.78 is 24.6. The number of aliphatic hydroxyl groups excluding tert-OH is 3. The van der Waals surface area contributed by atoms with E-state index in [1.807, 2.05) is 24.3 Å². The molecule has 51 heavy (non-hydrogen) atoms. The topological polar surface area (TPSA) is 181 Å². The van der Waals surface area contributed by atoms with Crippen LogP contribution in [0.1, 0.15) is 86.5 Å². The van der Waals surface area contributed by atoms with Gasteiger partial charge in [0.2, 0.25) is 5.76 Å². The van der Waals surface area contributed by atoms with Gasteiger partial charge >= 0.3 is 5.97 Å². The zero-order valence-corrected chi connectivity index (χ0v) is 28.8. The summed E-state index contributed by atoms with van der Waals surface area (Å²) in [5, 5.41) is 44.4. The maximum Gasteiger partial charge on any atom is 0.375 e. The SMILES string of the molecule is CCOC(=O)C1=C(C=O)/C(=C2\C[C@@H](CO)C(=O)[C@H](c3ccc4c(c3)=CCN=4)C2)c2c(c(CO)c3c(c2OCCCO)[C@H]2CCC[C@@](C)(O)[C@H]2O3)O1. The number of aliphatic hydroxyl groups is 4. The third-order valence-corrected chi connectivity index (χ3v) is 10.8. The number of hydrogen-bond donors (Lipinski definition) is 4. The standard InChI is InChI=1S/C39H43NO11/c1-3-48-38(46)35-26(18-43)29(22-15-23(17-42)32(45)25(16-22)20-7-8-28-21(14-20)9-11-40-28)31-34(50-35)27(19-44)33-30(36(31)49-13-5-12-41)24-6-4-10-39(2,47)37(24)51-33/h7-9,14,18,23-25,37,41-42,44,47H,3-6,10-13,15-17,19H2,1-2H3/b29-22-/t23-,24+,25-,37-,39+/m0/s1. The summed E-state index contributed by atoms with van der Waals surface area (Å²) in [6.07, 6.45) is 4.20. The number of esters is 1. The second-order valence-electron chi connectivity index (χ2n) is 14.0. The molecule has 3 heterocycles. The molecule has 2 aromatic rings. The van der Waals surface area contributed by atoms with Gasteiger partial charge in [0.1, 0.15) is 29.1 Å². The molecular weight excluding hydrogens is 658 g/mol. The average molecular weight is 702 g/mol. The molecule has 0 saturated heterocycles. The van der Waals surface area contributed by atoms with Gasteiger partial charge in [-0.25, -0.2) is 4.79 Å². The van der Waals surface area contributed by atoms with Crippen LogP contribution in [0.15, 0.2) is 40.1 Å². The van der Waals surface area contributed by atoms with E-state index < -0.39 is 42.7 Å². The summed E-state index contributed by atoms with van der Waals surface area (Å²) in [5.74, 6) is -2.66. The van der Waals surface area contributed by atoms with E-state index in [0.717, 1.165) is 16.1 Å². The molecule has 2 aliphatic carbocycles. The van der Waals surface area contributed by atoms with Gasteiger partial charge in [-0.15, -0.1) is 0 Å². The summed E-state index contributed by atoms with van der Waals surface area (Å²) in [6.45, 7) is 2.79. The smallest absolute Gasteiger partial charge is 0.375 e. The van der Waals surface area contributed by atoms with Gasteiger partial charge < -0.3 is 39.4 Å². The number of aldehydes is 1. The van der Waals surface area contributed by atoms with Gasteiger partial charge in [-0.2, -0.15) is 0 Å². The van der Waals surface area contributed by atoms with Gasteiger partial charge in [0.25, 0.3) is 0 Å². The minimum absolute atomic E-state index is 0.00446. The lowest BCUT2D eigenvalue weighted by atomic mass is 9.70. The van der Waals surface area contributed by atoms with Crippen LogP contribution in [0.5, 0.6) is 17.2 Å². The monoisotopic (exact) mass is 701 g/mol. The highest BCUT2D eigenvalue weighted by Gasteiger charge is 2.53. The van der Waals surface area contributed by atoms with Gasteiger partial charge in [-0.1, -0.05) is 17.7 Å². The van der Waals surface area contributed by atoms with Crippen LogP contribution in [-0.2, 0) is 25.7 Å². The Hall–Kier alpha value is -4.36. The van der Waals surface area contributed by atoms with E-state index in [4.69, 9.17) is 18.9 Å². The number of ether oxygens (including phenoxy) is 4. The van der Waals surface area contributed by atoms with Crippen molar-refractivity contribution in [3.8, 4) is 17.2 Å². The van der Waals surface area contributed by atoms with E-state index in [-0.39, 0.29) is 79.2 Å². The molecule has 2 saturated carbocycles. The van der Waals surface area contributed by atoms with Crippen LogP contribution >= 0.6 is 0 Å². The number of fused-ring (bicyclic) bond motifs is 5. The fourth-order valence-corrected chi connectivity index (χ4v) is 8.47. The van der Waals surface area contributed by atoms with E-state index in [1.165, 1.54) is 0 Å². The van der Waals surface area contributed by atoms with Crippen LogP contribution < -0.4 is 24.8 Å². The summed E-state index contributed by atoms with van der Waals surface area (Å²) in [7, 11) is 0. The number of Topliss-reactive ketones (excluding diaryl/α,β-unsaturated/α-hetero) is 1. The average Bonchev–Trinajstić information content (AvgIpc) is 3.76. The highest BCUT2D eigenvalue weighted by molar-refractivity contribution is 6.11. The Bertz CT molecular complexity index is 1980. The first kappa shape index (κ1) is 35.1. The number of allylic oxidation sites excluding steroid dienone is 3. The Morgan fingerprint density at radius 2 is 2.00 bits per heavy atom. The molecule has 0 radical (unpaired) electrons. The minimum atomic E-state index is -1.20. The zero-order valence-electron chi connectivity index (χ0n) is 28.8. The van der Waals surface area contributed by atoms with E-state index in [9.17, 15) is 34.8 Å². The number of nitrogens with zero attached hydrogens (tertiary/aromatic N) is 1. The van der Waals surface area contributed by atoms with Gasteiger partial charge in [0.15, 0.2) is 6.29 Å². The van der Waals surface area contributed by atoms with Crippen molar-refractivity contribution in [3.05, 3.63) is 67.9 Å². The van der Waals surface area contributed by atoms with Crippen LogP contribution in [0.4, 0.5) is 0 Å². The number of hydrogen-bond acceptors (Lipinski definition) is 12. The summed E-state index contributed by atoms with van der Waals surface area (Å²) in [4.78, 5) is 45.1. The van der Waals surface area contributed by atoms with Crippen LogP contribution in [-0.4, -0.2) is 83.1 Å². The lowest BCUT2D eigenvalue weighted by Gasteiger charge is -2.38. The number of rotatable bonds is 10. The molecular formula is C39H43NO11. The maximum atomic E-state index is 13.9. The Morgan fingerprint density at radius 3 is 2.73 bits per heavy atom. The molecule has 4 N–H and O–H groups in total. The number of ketones is 1. The molecule has 0 aromatic heterocycles. The highest BCUT2D eigenvalue weighted by atomic mass is 16.6. The van der Waals surface area contributed by atoms with E-state index >= 15 is 0 Å². The third kappa shape index (κ3) is 5.87. The molecule has 5 atom stereocenters. The van der Waals surface area contributed by atoms with E-state index in [2.05, 4.69) is 4.99 Å². The van der Waals surface area contributed by atoms with Gasteiger partial charge in [0, 0.05) is 41.9 Å². The second kappa shape index (κ2) is 14.0. The first-order valence-corrected chi connectivity index (χ1v) is 17.7. The van der Waals surface area contributed by atoms with Crippen molar-refractivity contribution in [2.75, 3.05) is 33.0 Å². The molecule has 5 aliphatic rings. The normalized spacial score (nSPS) is 27.6. The fourth-order valence-electron chi connectivity index (χ4n) is 8.47. The predicted molar refractivity (Wildman–Crippen MR) is 183 cm³/mol. The molecule has 7 rings (SSSR count). The number of benzene rings is 2. The summed E-state index contributed by atoms with van der Waals surface area (Å²) in [5.41, 5.74) is 1.47. The number of carbonyl (C=O) groups excluding carboxylic acids is 3. The van der Waals surface area contributed by atoms with Crippen molar-refractivity contribution in [1.29, 1.82) is 0 Å². The first-order valence-electron chi connectivity index (χ1n) is 17.7. The molecule has 12 heteroatoms. The minimum Gasteiger partial charge on any atom is -0.492 e. The summed E-state index contributed by atoms with van der Waals surface area (Å²) >= 11 is 0. The Balaban J connectivity index is 1.52. The first-order chi connectivity index (χ1) is 24.7. The van der Waals surface area contributed by atoms with Crippen LogP contribution in [0, 0.1) is 5.92 Å². The molecule has 0 unspecified atom stereocenters. The van der Waals surface area contributed by atoms with Crippen molar-refractivity contribution in [2.24, 2.45) is 10.9 Å². The summed E-state index contributed by atoms with van der Waals surface area (Å²) in [6, 6.07) is 5.66. The van der Waals surface area contributed by atoms with Gasteiger partial charge in [0.05, 0.1) is 60.6 Å². The molecule has 0 spiro atoms. The molecule has 2 fully saturated rings. The lowest BCUT2D eigenvalue weighted by molar-refractivity contribution is -0.141. The van der Waals surface area contributed by atoms with Crippen molar-refractivity contribution >= 4 is 29.7 Å². The van der Waals surface area contributed by atoms with E-state index in [1.54, 1.807) is 13.8 Å². The Kier molecular flexibility index (Phi) is 9.61. The fraction of sp³-hybridized carbons (Fsp3) is 0.487. The quantitative estimate of drug-likeness (QED) is 0.162. The molecule has 3 aliphatic heterocycles. The lowest BCUT2D eigenvalue weighted by Crippen LogP contribution is -2.47. The van der Waals surface area contributed by atoms with E-state index in [0.29, 0.717) is 60.1 Å². The zero-order chi connectivity index (χ0) is 36.0. The van der Waals surface area contributed by atoms with Crippen LogP contribution in [0.3, 0.4) is 0 Å². The maximum absolute atomic E-state index is 13.9. The van der Waals surface area contributed by atoms with Gasteiger partial charge in [-0.05, 0) is 68.9 Å². The third-order valence-electron chi connectivity index (χ3n) is 10.8. The van der Waals surface area contributed by atoms with Crippen molar-refractivity contribution in [2.45, 2.75) is 82.5 Å². The second-order valence-corrected chi connectivity index (χ2v) is 14.0.